The van der Waals surface area contributed by atoms with E-state index < -0.39 is 0 Å². The molecule has 1 aliphatic heterocycles. The maximum atomic E-state index is 12.7. The summed E-state index contributed by atoms with van der Waals surface area (Å²) in [5.41, 5.74) is 2.25. The lowest BCUT2D eigenvalue weighted by Gasteiger charge is -2.26. The molecule has 1 aromatic rings. The monoisotopic (exact) mass is 289 g/mol. The smallest absolute Gasteiger partial charge is 0.263 e. The molecule has 1 aromatic carbocycles. The minimum absolute atomic E-state index is 0.153. The molecule has 0 aromatic heterocycles. The van der Waals surface area contributed by atoms with Crippen molar-refractivity contribution in [3.05, 3.63) is 29.3 Å². The molecule has 21 heavy (non-hydrogen) atoms. The summed E-state index contributed by atoms with van der Waals surface area (Å²) in [5, 5.41) is 0. The second-order valence-corrected chi connectivity index (χ2v) is 6.02. The number of rotatable bonds is 4. The summed E-state index contributed by atoms with van der Waals surface area (Å²) in [6.45, 7) is 7.85. The van der Waals surface area contributed by atoms with Crippen LogP contribution in [0.4, 0.5) is 0 Å². The van der Waals surface area contributed by atoms with Crippen LogP contribution in [0.3, 0.4) is 0 Å². The number of hydrogen-bond acceptors (Lipinski definition) is 2. The quantitative estimate of drug-likeness (QED) is 0.842. The van der Waals surface area contributed by atoms with Gasteiger partial charge in [-0.15, -0.1) is 0 Å². The summed E-state index contributed by atoms with van der Waals surface area (Å²) in [6, 6.07) is 6.14. The summed E-state index contributed by atoms with van der Waals surface area (Å²) in [4.78, 5) is 14.7. The molecule has 116 valence electrons. The highest BCUT2D eigenvalue weighted by atomic mass is 16.5. The number of nitrogens with zero attached hydrogens (tertiary/aromatic N) is 1. The molecule has 3 heteroatoms. The molecule has 1 aliphatic rings. The Balaban J connectivity index is 2.07. The van der Waals surface area contributed by atoms with Crippen LogP contribution < -0.4 is 4.74 Å². The minimum Gasteiger partial charge on any atom is -0.480 e. The largest absolute Gasteiger partial charge is 0.480 e. The summed E-state index contributed by atoms with van der Waals surface area (Å²) >= 11 is 0. The third-order valence-corrected chi connectivity index (χ3v) is 4.18. The topological polar surface area (TPSA) is 29.5 Å². The van der Waals surface area contributed by atoms with Gasteiger partial charge in [0.05, 0.1) is 0 Å². The number of carbonyl (C=O) groups is 1. The summed E-state index contributed by atoms with van der Waals surface area (Å²) in [5.74, 6) is 0.991. The summed E-state index contributed by atoms with van der Waals surface area (Å²) in [6.07, 6.45) is 5.06. The van der Waals surface area contributed by atoms with E-state index in [0.717, 1.165) is 42.8 Å². The first-order valence-electron chi connectivity index (χ1n) is 8.14. The first-order chi connectivity index (χ1) is 10.1. The number of amides is 1. The molecule has 0 saturated carbocycles. The Kier molecular flexibility index (Phi) is 5.66. The Morgan fingerprint density at radius 3 is 2.48 bits per heavy atom. The van der Waals surface area contributed by atoms with Gasteiger partial charge in [-0.1, -0.05) is 31.9 Å². The van der Waals surface area contributed by atoms with Crippen LogP contribution in [0.1, 0.15) is 50.2 Å². The Morgan fingerprint density at radius 1 is 1.19 bits per heavy atom. The SMILES string of the molecule is CCC(Oc1cc(C)ccc1C)C(=O)N1CCCCCC1. The van der Waals surface area contributed by atoms with Crippen molar-refractivity contribution in [2.24, 2.45) is 0 Å². The Morgan fingerprint density at radius 2 is 1.86 bits per heavy atom. The molecule has 1 saturated heterocycles. The normalized spacial score (nSPS) is 17.2. The van der Waals surface area contributed by atoms with Gasteiger partial charge in [-0.25, -0.2) is 0 Å². The molecule has 1 amide bonds. The van der Waals surface area contributed by atoms with E-state index in [2.05, 4.69) is 6.07 Å². The van der Waals surface area contributed by atoms with Gasteiger partial charge in [-0.2, -0.15) is 0 Å². The highest BCUT2D eigenvalue weighted by Gasteiger charge is 2.25. The minimum atomic E-state index is -0.358. The molecular formula is C18H27NO2. The van der Waals surface area contributed by atoms with Gasteiger partial charge >= 0.3 is 0 Å². The van der Waals surface area contributed by atoms with E-state index in [0.29, 0.717) is 6.42 Å². The fourth-order valence-electron chi connectivity index (χ4n) is 2.79. The van der Waals surface area contributed by atoms with Crippen LogP contribution in [0.2, 0.25) is 0 Å². The van der Waals surface area contributed by atoms with Crippen molar-refractivity contribution in [2.75, 3.05) is 13.1 Å². The lowest BCUT2D eigenvalue weighted by atomic mass is 10.1. The third kappa shape index (κ3) is 4.23. The fourth-order valence-corrected chi connectivity index (χ4v) is 2.79. The van der Waals surface area contributed by atoms with E-state index in [-0.39, 0.29) is 12.0 Å². The van der Waals surface area contributed by atoms with E-state index >= 15 is 0 Å². The molecule has 0 radical (unpaired) electrons. The van der Waals surface area contributed by atoms with Gasteiger partial charge in [0.15, 0.2) is 6.10 Å². The molecule has 0 aliphatic carbocycles. The van der Waals surface area contributed by atoms with Crippen molar-refractivity contribution in [1.29, 1.82) is 0 Å². The fraction of sp³-hybridized carbons (Fsp3) is 0.611. The van der Waals surface area contributed by atoms with Gasteiger partial charge in [0.1, 0.15) is 5.75 Å². The molecule has 1 heterocycles. The van der Waals surface area contributed by atoms with Crippen LogP contribution in [0.5, 0.6) is 5.75 Å². The first-order valence-corrected chi connectivity index (χ1v) is 8.14. The number of likely N-dealkylation sites (tertiary alicyclic amines) is 1. The number of benzene rings is 1. The van der Waals surface area contributed by atoms with Gasteiger partial charge in [-0.3, -0.25) is 4.79 Å². The maximum absolute atomic E-state index is 12.7. The third-order valence-electron chi connectivity index (χ3n) is 4.18. The Hall–Kier alpha value is -1.51. The molecule has 0 bridgehead atoms. The summed E-state index contributed by atoms with van der Waals surface area (Å²) < 4.78 is 6.04. The lowest BCUT2D eigenvalue weighted by Crippen LogP contribution is -2.42. The molecule has 0 N–H and O–H groups in total. The number of aryl methyl sites for hydroxylation is 2. The maximum Gasteiger partial charge on any atom is 0.263 e. The van der Waals surface area contributed by atoms with Gasteiger partial charge in [0.2, 0.25) is 0 Å². The van der Waals surface area contributed by atoms with Crippen LogP contribution in [0.25, 0.3) is 0 Å². The van der Waals surface area contributed by atoms with E-state index in [4.69, 9.17) is 4.74 Å². The van der Waals surface area contributed by atoms with Crippen LogP contribution in [-0.2, 0) is 4.79 Å². The van der Waals surface area contributed by atoms with E-state index in [9.17, 15) is 4.79 Å². The molecule has 2 rings (SSSR count). The first kappa shape index (κ1) is 15.9. The molecule has 3 nitrogen and oxygen atoms in total. The number of ether oxygens (including phenoxy) is 1. The van der Waals surface area contributed by atoms with Gasteiger partial charge in [0, 0.05) is 13.1 Å². The van der Waals surface area contributed by atoms with Crippen molar-refractivity contribution in [3.8, 4) is 5.75 Å². The van der Waals surface area contributed by atoms with Crippen LogP contribution in [0.15, 0.2) is 18.2 Å². The van der Waals surface area contributed by atoms with Gasteiger partial charge in [-0.05, 0) is 50.3 Å². The van der Waals surface area contributed by atoms with Crippen molar-refractivity contribution in [1.82, 2.24) is 4.90 Å². The molecule has 1 unspecified atom stereocenters. The van der Waals surface area contributed by atoms with Crippen LogP contribution in [-0.4, -0.2) is 30.0 Å². The second kappa shape index (κ2) is 7.48. The second-order valence-electron chi connectivity index (χ2n) is 6.02. The van der Waals surface area contributed by atoms with Crippen LogP contribution in [0, 0.1) is 13.8 Å². The molecular weight excluding hydrogens is 262 g/mol. The van der Waals surface area contributed by atoms with Gasteiger partial charge in [0.25, 0.3) is 5.91 Å². The highest BCUT2D eigenvalue weighted by molar-refractivity contribution is 5.81. The van der Waals surface area contributed by atoms with Crippen molar-refractivity contribution < 1.29 is 9.53 Å². The standard InChI is InChI=1S/C18H27NO2/c1-4-16(18(20)19-11-7-5-6-8-12-19)21-17-13-14(2)9-10-15(17)3/h9-10,13,16H,4-8,11-12H2,1-3H3. The van der Waals surface area contributed by atoms with Crippen molar-refractivity contribution in [2.45, 2.75) is 59.0 Å². The van der Waals surface area contributed by atoms with E-state index in [1.807, 2.05) is 37.8 Å². The van der Waals surface area contributed by atoms with Crippen molar-refractivity contribution >= 4 is 5.91 Å². The highest BCUT2D eigenvalue weighted by Crippen LogP contribution is 2.22. The van der Waals surface area contributed by atoms with Gasteiger partial charge < -0.3 is 9.64 Å². The molecule has 0 spiro atoms. The predicted molar refractivity (Wildman–Crippen MR) is 85.7 cm³/mol. The zero-order valence-corrected chi connectivity index (χ0v) is 13.5. The molecule has 1 fully saturated rings. The number of carbonyl (C=O) groups excluding carboxylic acids is 1. The zero-order valence-electron chi connectivity index (χ0n) is 13.5. The predicted octanol–water partition coefficient (Wildman–Crippen LogP) is 3.86. The average molecular weight is 289 g/mol. The lowest BCUT2D eigenvalue weighted by molar-refractivity contribution is -0.138. The zero-order chi connectivity index (χ0) is 15.2. The van der Waals surface area contributed by atoms with E-state index in [1.54, 1.807) is 0 Å². The van der Waals surface area contributed by atoms with Crippen molar-refractivity contribution in [3.63, 3.8) is 0 Å². The molecule has 1 atom stereocenters. The Labute approximate surface area is 128 Å². The average Bonchev–Trinajstić information content (AvgIpc) is 2.76. The van der Waals surface area contributed by atoms with Crippen LogP contribution >= 0.6 is 0 Å². The Bertz CT molecular complexity index is 476. The number of hydrogen-bond donors (Lipinski definition) is 0. The summed E-state index contributed by atoms with van der Waals surface area (Å²) in [7, 11) is 0. The van der Waals surface area contributed by atoms with E-state index in [1.165, 1.54) is 12.8 Å².